The van der Waals surface area contributed by atoms with Gasteiger partial charge in [-0.2, -0.15) is 0 Å². The summed E-state index contributed by atoms with van der Waals surface area (Å²) in [5.74, 6) is 0.0519. The zero-order valence-corrected chi connectivity index (χ0v) is 7.75. The lowest BCUT2D eigenvalue weighted by atomic mass is 10.2. The van der Waals surface area contributed by atoms with Gasteiger partial charge in [-0.1, -0.05) is 6.08 Å². The number of ether oxygens (including phenoxy) is 1. The standard InChI is InChI=1S/C10H18O2/c1-3-5-6-7-8-9-10(11)12-4-2/h3,9,11H,1,4-8H2,2H3/b10-9-. The highest BCUT2D eigenvalue weighted by molar-refractivity contribution is 4.81. The van der Waals surface area contributed by atoms with Gasteiger partial charge >= 0.3 is 0 Å². The van der Waals surface area contributed by atoms with Gasteiger partial charge in [0.25, 0.3) is 5.95 Å². The minimum Gasteiger partial charge on any atom is -0.481 e. The van der Waals surface area contributed by atoms with Crippen molar-refractivity contribution in [1.29, 1.82) is 0 Å². The van der Waals surface area contributed by atoms with Gasteiger partial charge in [0.1, 0.15) is 0 Å². The Morgan fingerprint density at radius 1 is 1.42 bits per heavy atom. The predicted molar refractivity (Wildman–Crippen MR) is 51.0 cm³/mol. The van der Waals surface area contributed by atoms with Crippen molar-refractivity contribution in [3.8, 4) is 0 Å². The Bertz CT molecular complexity index is 139. The fourth-order valence-corrected chi connectivity index (χ4v) is 0.865. The second-order valence-corrected chi connectivity index (χ2v) is 2.55. The lowest BCUT2D eigenvalue weighted by molar-refractivity contribution is 0.101. The monoisotopic (exact) mass is 170 g/mol. The summed E-state index contributed by atoms with van der Waals surface area (Å²) in [5.41, 5.74) is 0. The highest BCUT2D eigenvalue weighted by Gasteiger charge is 1.89. The third kappa shape index (κ3) is 7.19. The zero-order valence-electron chi connectivity index (χ0n) is 7.75. The fourth-order valence-electron chi connectivity index (χ4n) is 0.865. The average Bonchev–Trinajstić information content (AvgIpc) is 2.05. The maximum absolute atomic E-state index is 9.02. The molecule has 0 aromatic heterocycles. The van der Waals surface area contributed by atoms with Crippen molar-refractivity contribution in [2.24, 2.45) is 0 Å². The summed E-state index contributed by atoms with van der Waals surface area (Å²) in [6.45, 7) is 6.01. The van der Waals surface area contributed by atoms with Crippen LogP contribution in [0.3, 0.4) is 0 Å². The van der Waals surface area contributed by atoms with Gasteiger partial charge < -0.3 is 9.84 Å². The molecule has 0 aromatic carbocycles. The van der Waals surface area contributed by atoms with Crippen LogP contribution in [0, 0.1) is 0 Å². The van der Waals surface area contributed by atoms with E-state index in [9.17, 15) is 0 Å². The molecule has 2 nitrogen and oxygen atoms in total. The van der Waals surface area contributed by atoms with Gasteiger partial charge in [0, 0.05) is 0 Å². The number of unbranched alkanes of at least 4 members (excludes halogenated alkanes) is 3. The Balaban J connectivity index is 3.26. The SMILES string of the molecule is C=CCCCC/C=C(/O)OCC. The smallest absolute Gasteiger partial charge is 0.272 e. The van der Waals surface area contributed by atoms with Gasteiger partial charge in [-0.05, 0) is 38.7 Å². The molecular formula is C10H18O2. The topological polar surface area (TPSA) is 29.5 Å². The molecule has 0 aliphatic heterocycles. The first kappa shape index (κ1) is 11.1. The molecule has 0 unspecified atom stereocenters. The molecule has 0 atom stereocenters. The van der Waals surface area contributed by atoms with E-state index in [1.807, 2.05) is 13.0 Å². The minimum atomic E-state index is 0.0519. The van der Waals surface area contributed by atoms with Gasteiger partial charge in [0.05, 0.1) is 6.61 Å². The molecule has 0 aliphatic carbocycles. The van der Waals surface area contributed by atoms with E-state index in [1.54, 1.807) is 6.08 Å². The van der Waals surface area contributed by atoms with Crippen molar-refractivity contribution < 1.29 is 9.84 Å². The maximum Gasteiger partial charge on any atom is 0.272 e. The first-order chi connectivity index (χ1) is 5.81. The van der Waals surface area contributed by atoms with E-state index in [0.717, 1.165) is 25.7 Å². The lowest BCUT2D eigenvalue weighted by Gasteiger charge is -1.99. The van der Waals surface area contributed by atoms with E-state index < -0.39 is 0 Å². The summed E-state index contributed by atoms with van der Waals surface area (Å²) in [7, 11) is 0. The molecular weight excluding hydrogens is 152 g/mol. The lowest BCUT2D eigenvalue weighted by Crippen LogP contribution is -1.89. The highest BCUT2D eigenvalue weighted by Crippen LogP contribution is 2.03. The van der Waals surface area contributed by atoms with E-state index in [0.29, 0.717) is 6.61 Å². The molecule has 70 valence electrons. The first-order valence-electron chi connectivity index (χ1n) is 4.44. The molecule has 12 heavy (non-hydrogen) atoms. The molecule has 1 N–H and O–H groups in total. The van der Waals surface area contributed by atoms with E-state index >= 15 is 0 Å². The Labute approximate surface area is 74.6 Å². The van der Waals surface area contributed by atoms with Crippen LogP contribution >= 0.6 is 0 Å². The van der Waals surface area contributed by atoms with Crippen LogP contribution in [-0.4, -0.2) is 11.7 Å². The van der Waals surface area contributed by atoms with Crippen molar-refractivity contribution in [3.63, 3.8) is 0 Å². The summed E-state index contributed by atoms with van der Waals surface area (Å²) in [4.78, 5) is 0. The number of hydrogen-bond donors (Lipinski definition) is 1. The van der Waals surface area contributed by atoms with Gasteiger partial charge in [0.2, 0.25) is 0 Å². The third-order valence-electron chi connectivity index (χ3n) is 1.47. The molecule has 0 bridgehead atoms. The van der Waals surface area contributed by atoms with Crippen molar-refractivity contribution in [1.82, 2.24) is 0 Å². The van der Waals surface area contributed by atoms with Crippen LogP contribution in [0.2, 0.25) is 0 Å². The molecule has 0 radical (unpaired) electrons. The van der Waals surface area contributed by atoms with Crippen molar-refractivity contribution in [2.75, 3.05) is 6.61 Å². The third-order valence-corrected chi connectivity index (χ3v) is 1.47. The molecule has 0 aliphatic rings. The number of aliphatic hydroxyl groups excluding tert-OH is 1. The summed E-state index contributed by atoms with van der Waals surface area (Å²) < 4.78 is 4.84. The van der Waals surface area contributed by atoms with Gasteiger partial charge in [-0.15, -0.1) is 6.58 Å². The fraction of sp³-hybridized carbons (Fsp3) is 0.600. The molecule has 0 saturated carbocycles. The van der Waals surface area contributed by atoms with Crippen LogP contribution in [0.1, 0.15) is 32.6 Å². The Hall–Kier alpha value is -0.920. The van der Waals surface area contributed by atoms with Gasteiger partial charge in [-0.25, -0.2) is 0 Å². The van der Waals surface area contributed by atoms with E-state index in [-0.39, 0.29) is 5.95 Å². The summed E-state index contributed by atoms with van der Waals surface area (Å²) in [6.07, 6.45) is 7.74. The normalized spacial score (nSPS) is 11.2. The molecule has 0 amide bonds. The molecule has 0 saturated heterocycles. The van der Waals surface area contributed by atoms with Crippen LogP contribution in [0.15, 0.2) is 24.7 Å². The predicted octanol–water partition coefficient (Wildman–Crippen LogP) is 3.17. The second-order valence-electron chi connectivity index (χ2n) is 2.55. The van der Waals surface area contributed by atoms with Crippen molar-refractivity contribution in [2.45, 2.75) is 32.6 Å². The number of hydrogen-bond acceptors (Lipinski definition) is 2. The largest absolute Gasteiger partial charge is 0.481 e. The zero-order chi connectivity index (χ0) is 9.23. The molecule has 2 heteroatoms. The second kappa shape index (κ2) is 8.18. The van der Waals surface area contributed by atoms with Crippen LogP contribution in [0.25, 0.3) is 0 Å². The van der Waals surface area contributed by atoms with Crippen LogP contribution in [0.5, 0.6) is 0 Å². The van der Waals surface area contributed by atoms with Crippen LogP contribution in [0.4, 0.5) is 0 Å². The quantitative estimate of drug-likeness (QED) is 0.361. The molecule has 0 rings (SSSR count). The number of rotatable bonds is 7. The Morgan fingerprint density at radius 2 is 2.08 bits per heavy atom. The van der Waals surface area contributed by atoms with E-state index in [2.05, 4.69) is 6.58 Å². The van der Waals surface area contributed by atoms with Gasteiger partial charge in [0.15, 0.2) is 0 Å². The van der Waals surface area contributed by atoms with Gasteiger partial charge in [-0.3, -0.25) is 0 Å². The Kier molecular flexibility index (Phi) is 7.55. The van der Waals surface area contributed by atoms with Crippen LogP contribution < -0.4 is 0 Å². The highest BCUT2D eigenvalue weighted by atomic mass is 16.6. The molecule has 0 heterocycles. The molecule has 0 fully saturated rings. The molecule has 0 aromatic rings. The average molecular weight is 170 g/mol. The summed E-state index contributed by atoms with van der Waals surface area (Å²) >= 11 is 0. The Morgan fingerprint density at radius 3 is 2.67 bits per heavy atom. The maximum atomic E-state index is 9.02. The summed E-state index contributed by atoms with van der Waals surface area (Å²) in [5, 5.41) is 9.02. The van der Waals surface area contributed by atoms with Crippen molar-refractivity contribution >= 4 is 0 Å². The minimum absolute atomic E-state index is 0.0519. The summed E-state index contributed by atoms with van der Waals surface area (Å²) in [6, 6.07) is 0. The number of allylic oxidation sites excluding steroid dienone is 2. The van der Waals surface area contributed by atoms with E-state index in [1.165, 1.54) is 0 Å². The first-order valence-corrected chi connectivity index (χ1v) is 4.44. The number of aliphatic hydroxyl groups is 1. The van der Waals surface area contributed by atoms with Crippen molar-refractivity contribution in [3.05, 3.63) is 24.7 Å². The van der Waals surface area contributed by atoms with Crippen LogP contribution in [-0.2, 0) is 4.74 Å². The molecule has 0 spiro atoms. The van der Waals surface area contributed by atoms with E-state index in [4.69, 9.17) is 9.84 Å².